The number of fused-ring (bicyclic) bond motifs is 1. The van der Waals surface area contributed by atoms with Gasteiger partial charge in [0.1, 0.15) is 0 Å². The van der Waals surface area contributed by atoms with Gasteiger partial charge in [-0.15, -0.1) is 6.58 Å². The quantitative estimate of drug-likeness (QED) is 0.788. The van der Waals surface area contributed by atoms with E-state index in [1.54, 1.807) is 6.08 Å². The number of amides is 1. The van der Waals surface area contributed by atoms with Crippen molar-refractivity contribution in [1.29, 1.82) is 0 Å². The normalized spacial score (nSPS) is 26.2. The molecule has 0 aromatic heterocycles. The number of aliphatic hydroxyl groups is 1. The number of hydrogen-bond acceptors (Lipinski definition) is 2. The maximum absolute atomic E-state index is 12.6. The molecule has 22 heavy (non-hydrogen) atoms. The Morgan fingerprint density at radius 2 is 2.09 bits per heavy atom. The van der Waals surface area contributed by atoms with Crippen LogP contribution >= 0.6 is 0 Å². The molecule has 2 unspecified atom stereocenters. The Morgan fingerprint density at radius 3 is 2.68 bits per heavy atom. The van der Waals surface area contributed by atoms with Crippen LogP contribution in [0, 0.1) is 11.8 Å². The van der Waals surface area contributed by atoms with Crippen molar-refractivity contribution in [2.75, 3.05) is 13.1 Å². The summed E-state index contributed by atoms with van der Waals surface area (Å²) < 4.78 is 37.7. The molecule has 1 aliphatic carbocycles. The van der Waals surface area contributed by atoms with Crippen molar-refractivity contribution in [3.8, 4) is 0 Å². The van der Waals surface area contributed by atoms with E-state index in [1.165, 1.54) is 0 Å². The molecule has 1 amide bonds. The Morgan fingerprint density at radius 1 is 1.45 bits per heavy atom. The maximum Gasteiger partial charge on any atom is 0.471 e. The Bertz CT molecular complexity index is 534. The molecule has 0 radical (unpaired) electrons. The minimum atomic E-state index is -4.85. The van der Waals surface area contributed by atoms with Gasteiger partial charge >= 0.3 is 12.1 Å². The van der Waals surface area contributed by atoms with Gasteiger partial charge in [-0.05, 0) is 36.3 Å². The first-order chi connectivity index (χ1) is 10.3. The second-order valence-electron chi connectivity index (χ2n) is 5.84. The van der Waals surface area contributed by atoms with Gasteiger partial charge in [0.25, 0.3) is 0 Å². The van der Waals surface area contributed by atoms with Crippen LogP contribution in [-0.2, 0) is 4.79 Å². The lowest BCUT2D eigenvalue weighted by Gasteiger charge is -2.28. The molecule has 2 rings (SSSR count). The highest BCUT2D eigenvalue weighted by atomic mass is 19.4. The molecule has 1 fully saturated rings. The number of hydrogen-bond donors (Lipinski definition) is 1. The molecule has 0 aromatic carbocycles. The molecule has 2 atom stereocenters. The molecule has 1 saturated heterocycles. The van der Waals surface area contributed by atoms with E-state index in [1.807, 2.05) is 13.0 Å². The number of rotatable bonds is 2. The fourth-order valence-electron chi connectivity index (χ4n) is 3.20. The largest absolute Gasteiger partial charge is 0.512 e. The van der Waals surface area contributed by atoms with Gasteiger partial charge in [0.05, 0.1) is 5.76 Å². The van der Waals surface area contributed by atoms with E-state index < -0.39 is 12.1 Å². The molecule has 0 spiro atoms. The molecule has 0 aromatic rings. The number of allylic oxidation sites excluding steroid dienone is 3. The third kappa shape index (κ3) is 3.20. The van der Waals surface area contributed by atoms with Gasteiger partial charge in [-0.1, -0.05) is 19.1 Å². The predicted molar refractivity (Wildman–Crippen MR) is 77.1 cm³/mol. The Labute approximate surface area is 127 Å². The summed E-state index contributed by atoms with van der Waals surface area (Å²) in [6.45, 7) is 5.65. The molecule has 1 heterocycles. The van der Waals surface area contributed by atoms with Gasteiger partial charge in [-0.25, -0.2) is 0 Å². The number of carbonyl (C=O) groups excluding carboxylic acids is 1. The highest BCUT2D eigenvalue weighted by molar-refractivity contribution is 5.82. The van der Waals surface area contributed by atoms with Gasteiger partial charge in [0.2, 0.25) is 0 Å². The summed E-state index contributed by atoms with van der Waals surface area (Å²) in [6, 6.07) is 0. The van der Waals surface area contributed by atoms with Gasteiger partial charge in [-0.3, -0.25) is 4.79 Å². The van der Waals surface area contributed by atoms with E-state index in [9.17, 15) is 23.1 Å². The van der Waals surface area contributed by atoms with Crippen molar-refractivity contribution in [1.82, 2.24) is 4.90 Å². The van der Waals surface area contributed by atoms with E-state index in [-0.39, 0.29) is 37.1 Å². The Balaban J connectivity index is 2.23. The molecule has 1 aliphatic heterocycles. The molecular weight excluding hydrogens is 295 g/mol. The van der Waals surface area contributed by atoms with Crippen LogP contribution in [0.25, 0.3) is 0 Å². The lowest BCUT2D eigenvalue weighted by molar-refractivity contribution is -0.185. The maximum atomic E-state index is 12.6. The Kier molecular flexibility index (Phi) is 4.68. The van der Waals surface area contributed by atoms with Crippen molar-refractivity contribution in [3.63, 3.8) is 0 Å². The third-order valence-corrected chi connectivity index (χ3v) is 4.38. The summed E-state index contributed by atoms with van der Waals surface area (Å²) in [5, 5.41) is 10.4. The minimum absolute atomic E-state index is 0.0235. The van der Waals surface area contributed by atoms with Crippen LogP contribution in [0.15, 0.2) is 35.6 Å². The molecule has 2 aliphatic rings. The number of alkyl halides is 3. The zero-order valence-electron chi connectivity index (χ0n) is 12.5. The Hall–Kier alpha value is -1.72. The summed E-state index contributed by atoms with van der Waals surface area (Å²) >= 11 is 0. The summed E-state index contributed by atoms with van der Waals surface area (Å²) in [6.07, 6.45) is 0.0917. The lowest BCUT2D eigenvalue weighted by Crippen LogP contribution is -2.41. The van der Waals surface area contributed by atoms with Gasteiger partial charge < -0.3 is 10.0 Å². The zero-order chi connectivity index (χ0) is 16.5. The van der Waals surface area contributed by atoms with Crippen molar-refractivity contribution in [3.05, 3.63) is 35.6 Å². The second-order valence-corrected chi connectivity index (χ2v) is 5.84. The summed E-state index contributed by atoms with van der Waals surface area (Å²) in [5.41, 5.74) is 1.56. The van der Waals surface area contributed by atoms with E-state index >= 15 is 0 Å². The average Bonchev–Trinajstić information content (AvgIpc) is 2.64. The fraction of sp³-hybridized carbons (Fsp3) is 0.562. The van der Waals surface area contributed by atoms with Gasteiger partial charge in [0.15, 0.2) is 0 Å². The van der Waals surface area contributed by atoms with Crippen LogP contribution in [0.3, 0.4) is 0 Å². The summed E-state index contributed by atoms with van der Waals surface area (Å²) in [5.74, 6) is -1.54. The number of halogens is 3. The van der Waals surface area contributed by atoms with E-state index in [0.717, 1.165) is 10.5 Å². The van der Waals surface area contributed by atoms with Crippen LogP contribution in [-0.4, -0.2) is 35.2 Å². The third-order valence-electron chi connectivity index (χ3n) is 4.38. The van der Waals surface area contributed by atoms with Gasteiger partial charge in [-0.2, -0.15) is 13.2 Å². The number of nitrogens with zero attached hydrogens (tertiary/aromatic N) is 1. The van der Waals surface area contributed by atoms with Crippen molar-refractivity contribution < 1.29 is 23.1 Å². The van der Waals surface area contributed by atoms with Crippen LogP contribution in [0.2, 0.25) is 0 Å². The van der Waals surface area contributed by atoms with Gasteiger partial charge in [0, 0.05) is 19.0 Å². The highest BCUT2D eigenvalue weighted by Gasteiger charge is 2.43. The van der Waals surface area contributed by atoms with Crippen LogP contribution < -0.4 is 0 Å². The zero-order valence-corrected chi connectivity index (χ0v) is 12.5. The summed E-state index contributed by atoms with van der Waals surface area (Å²) in [4.78, 5) is 12.2. The van der Waals surface area contributed by atoms with Crippen LogP contribution in [0.5, 0.6) is 0 Å². The first-order valence-corrected chi connectivity index (χ1v) is 7.35. The predicted octanol–water partition coefficient (Wildman–Crippen LogP) is 3.75. The highest BCUT2D eigenvalue weighted by Crippen LogP contribution is 2.39. The van der Waals surface area contributed by atoms with Crippen molar-refractivity contribution in [2.24, 2.45) is 11.8 Å². The molecule has 122 valence electrons. The van der Waals surface area contributed by atoms with E-state index in [0.29, 0.717) is 18.4 Å². The second kappa shape index (κ2) is 6.18. The molecule has 0 saturated carbocycles. The lowest BCUT2D eigenvalue weighted by atomic mass is 9.78. The van der Waals surface area contributed by atoms with E-state index in [2.05, 4.69) is 6.58 Å². The molecule has 1 N–H and O–H groups in total. The number of aliphatic hydroxyl groups excluding tert-OH is 1. The first kappa shape index (κ1) is 16.6. The minimum Gasteiger partial charge on any atom is -0.512 e. The topological polar surface area (TPSA) is 40.5 Å². The number of likely N-dealkylation sites (tertiary alicyclic amines) is 1. The molecule has 6 heteroatoms. The van der Waals surface area contributed by atoms with Crippen molar-refractivity contribution >= 4 is 5.91 Å². The fourth-order valence-corrected chi connectivity index (χ4v) is 3.20. The molecule has 0 bridgehead atoms. The standard InChI is InChI=1S/C16H20F3NO2/c1-3-4-12-10(2)9-11-5-7-20(15(22)16(17,18)19)8-6-13(11)14(12)21/h3,9-10,12,21H,1,4-8H2,2H3. The molecule has 3 nitrogen and oxygen atoms in total. The van der Waals surface area contributed by atoms with Crippen LogP contribution in [0.4, 0.5) is 13.2 Å². The molecular formula is C16H20F3NO2. The van der Waals surface area contributed by atoms with Crippen molar-refractivity contribution in [2.45, 2.75) is 32.4 Å². The smallest absolute Gasteiger partial charge is 0.471 e. The average molecular weight is 315 g/mol. The summed E-state index contributed by atoms with van der Waals surface area (Å²) in [7, 11) is 0. The SMILES string of the molecule is C=CCC1C(O)=C2CCN(C(=O)C(F)(F)F)CCC2=CC1C. The first-order valence-electron chi connectivity index (χ1n) is 7.35. The number of carbonyl (C=O) groups is 1. The van der Waals surface area contributed by atoms with Crippen LogP contribution in [0.1, 0.15) is 26.2 Å². The van der Waals surface area contributed by atoms with E-state index in [4.69, 9.17) is 0 Å². The monoisotopic (exact) mass is 315 g/mol.